The molecular formula is C14H19NO4S. The molecule has 0 bridgehead atoms. The van der Waals surface area contributed by atoms with E-state index in [0.29, 0.717) is 19.8 Å². The minimum absolute atomic E-state index is 0.611. The minimum atomic E-state index is -0.840. The van der Waals surface area contributed by atoms with Gasteiger partial charge in [0.25, 0.3) is 0 Å². The number of carbonyl (C=O) groups is 1. The molecule has 2 N–H and O–H groups in total. The van der Waals surface area contributed by atoms with Crippen molar-refractivity contribution in [3.8, 4) is 0 Å². The molecule has 1 aromatic heterocycles. The lowest BCUT2D eigenvalue weighted by Gasteiger charge is -2.31. The molecule has 1 aliphatic heterocycles. The van der Waals surface area contributed by atoms with E-state index in [9.17, 15) is 9.90 Å². The van der Waals surface area contributed by atoms with Crippen LogP contribution in [-0.2, 0) is 26.5 Å². The number of ether oxygens (including phenoxy) is 2. The summed E-state index contributed by atoms with van der Waals surface area (Å²) < 4.78 is 11.7. The summed E-state index contributed by atoms with van der Waals surface area (Å²) in [7, 11) is 0. The number of rotatable bonds is 4. The molecule has 5 nitrogen and oxygen atoms in total. The highest BCUT2D eigenvalue weighted by atomic mass is 32.1. The number of nitrogens with one attached hydrogen (secondary N) is 1. The van der Waals surface area contributed by atoms with Crippen LogP contribution in [0.25, 0.3) is 0 Å². The molecule has 1 spiro atoms. The van der Waals surface area contributed by atoms with Crippen molar-refractivity contribution >= 4 is 17.3 Å². The smallest absolute Gasteiger partial charge is 0.326 e. The molecule has 0 amide bonds. The van der Waals surface area contributed by atoms with Crippen LogP contribution in [0, 0.1) is 0 Å². The predicted octanol–water partition coefficient (Wildman–Crippen LogP) is 2.02. The van der Waals surface area contributed by atoms with Gasteiger partial charge < -0.3 is 19.9 Å². The van der Waals surface area contributed by atoms with Gasteiger partial charge in [0, 0.05) is 21.7 Å². The van der Waals surface area contributed by atoms with E-state index in [-0.39, 0.29) is 0 Å². The van der Waals surface area contributed by atoms with Crippen molar-refractivity contribution in [3.05, 3.63) is 21.4 Å². The fourth-order valence-electron chi connectivity index (χ4n) is 2.98. The van der Waals surface area contributed by atoms with Crippen LogP contribution in [-0.4, -0.2) is 30.8 Å². The van der Waals surface area contributed by atoms with Crippen LogP contribution in [0.1, 0.15) is 41.1 Å². The Balaban J connectivity index is 1.96. The first-order valence-corrected chi connectivity index (χ1v) is 7.85. The first-order valence-electron chi connectivity index (χ1n) is 7.03. The van der Waals surface area contributed by atoms with Gasteiger partial charge in [-0.05, 0) is 25.5 Å². The van der Waals surface area contributed by atoms with E-state index in [1.807, 2.05) is 13.0 Å². The molecule has 1 saturated heterocycles. The summed E-state index contributed by atoms with van der Waals surface area (Å²) in [6, 6.07) is 1.32. The quantitative estimate of drug-likeness (QED) is 0.890. The Morgan fingerprint density at radius 2 is 2.30 bits per heavy atom. The molecule has 2 aliphatic rings. The Hall–Kier alpha value is -0.950. The summed E-state index contributed by atoms with van der Waals surface area (Å²) in [5.74, 6) is -1.45. The lowest BCUT2D eigenvalue weighted by atomic mass is 9.92. The number of hydrogen-bond donors (Lipinski definition) is 2. The molecule has 3 rings (SSSR count). The molecular weight excluding hydrogens is 278 g/mol. The van der Waals surface area contributed by atoms with E-state index in [0.717, 1.165) is 29.7 Å². The second kappa shape index (κ2) is 5.44. The number of thiophene rings is 1. The second-order valence-electron chi connectivity index (χ2n) is 5.12. The largest absolute Gasteiger partial charge is 0.480 e. The summed E-state index contributed by atoms with van der Waals surface area (Å²) in [4.78, 5) is 13.4. The number of aryl methyl sites for hydroxylation is 1. The molecule has 1 fully saturated rings. The molecule has 2 heterocycles. The van der Waals surface area contributed by atoms with Gasteiger partial charge in [-0.3, -0.25) is 4.79 Å². The highest BCUT2D eigenvalue weighted by Gasteiger charge is 2.43. The Morgan fingerprint density at radius 1 is 1.55 bits per heavy atom. The van der Waals surface area contributed by atoms with Crippen LogP contribution in [0.15, 0.2) is 6.07 Å². The van der Waals surface area contributed by atoms with Crippen molar-refractivity contribution in [3.63, 3.8) is 0 Å². The third-order valence-corrected chi connectivity index (χ3v) is 5.10. The van der Waals surface area contributed by atoms with Crippen molar-refractivity contribution in [2.75, 3.05) is 19.8 Å². The third-order valence-electron chi connectivity index (χ3n) is 3.84. The molecule has 20 heavy (non-hydrogen) atoms. The fraction of sp³-hybridized carbons (Fsp3) is 0.643. The van der Waals surface area contributed by atoms with Gasteiger partial charge in [-0.15, -0.1) is 11.3 Å². The van der Waals surface area contributed by atoms with Crippen LogP contribution in [0.2, 0.25) is 0 Å². The maximum atomic E-state index is 11.4. The lowest BCUT2D eigenvalue weighted by molar-refractivity contribution is -0.175. The Bertz CT molecular complexity index is 507. The molecule has 1 aromatic rings. The molecule has 0 aromatic carbocycles. The summed E-state index contributed by atoms with van der Waals surface area (Å²) in [5.41, 5.74) is 1.05. The van der Waals surface area contributed by atoms with Crippen LogP contribution in [0.5, 0.6) is 0 Å². The van der Waals surface area contributed by atoms with Gasteiger partial charge in [0.05, 0.1) is 13.2 Å². The zero-order valence-corrected chi connectivity index (χ0v) is 12.3. The summed E-state index contributed by atoms with van der Waals surface area (Å²) in [6.07, 6.45) is 2.86. The van der Waals surface area contributed by atoms with Gasteiger partial charge in [-0.2, -0.15) is 0 Å². The van der Waals surface area contributed by atoms with Gasteiger partial charge in [-0.25, -0.2) is 0 Å². The topological polar surface area (TPSA) is 67.8 Å². The second-order valence-corrected chi connectivity index (χ2v) is 6.29. The Morgan fingerprint density at radius 3 is 2.95 bits per heavy atom. The van der Waals surface area contributed by atoms with Gasteiger partial charge in [0.15, 0.2) is 5.79 Å². The fourth-order valence-corrected chi connectivity index (χ4v) is 4.32. The molecule has 110 valence electrons. The van der Waals surface area contributed by atoms with E-state index in [1.165, 1.54) is 4.88 Å². The highest BCUT2D eigenvalue weighted by Crippen LogP contribution is 2.46. The standard InChI is InChI=1S/C14H19NO4S/c1-2-15-12(13(16)17)11-8-9-10(20-11)4-3-5-14(9)18-6-7-19-14/h8,12,15H,2-7H2,1H3,(H,16,17). The zero-order chi connectivity index (χ0) is 14.2. The number of aliphatic carboxylic acids is 1. The summed E-state index contributed by atoms with van der Waals surface area (Å²) >= 11 is 1.57. The maximum absolute atomic E-state index is 11.4. The van der Waals surface area contributed by atoms with Crippen LogP contribution in [0.3, 0.4) is 0 Å². The Kier molecular flexibility index (Phi) is 3.81. The molecule has 6 heteroatoms. The maximum Gasteiger partial charge on any atom is 0.326 e. The average Bonchev–Trinajstić information content (AvgIpc) is 3.04. The van der Waals surface area contributed by atoms with Crippen molar-refractivity contribution in [2.24, 2.45) is 0 Å². The highest BCUT2D eigenvalue weighted by molar-refractivity contribution is 7.12. The van der Waals surface area contributed by atoms with Crippen LogP contribution >= 0.6 is 11.3 Å². The van der Waals surface area contributed by atoms with Crippen LogP contribution < -0.4 is 5.32 Å². The third kappa shape index (κ3) is 2.26. The number of carboxylic acids is 1. The summed E-state index contributed by atoms with van der Waals surface area (Å²) in [5, 5.41) is 12.4. The van der Waals surface area contributed by atoms with E-state index < -0.39 is 17.8 Å². The molecule has 1 atom stereocenters. The molecule has 0 radical (unpaired) electrons. The SMILES string of the molecule is CCNC(C(=O)O)c1cc2c(s1)CCCC21OCCO1. The van der Waals surface area contributed by atoms with Crippen molar-refractivity contribution < 1.29 is 19.4 Å². The number of fused-ring (bicyclic) bond motifs is 2. The predicted molar refractivity (Wildman–Crippen MR) is 74.9 cm³/mol. The number of hydrogen-bond acceptors (Lipinski definition) is 5. The minimum Gasteiger partial charge on any atom is -0.480 e. The number of likely N-dealkylation sites (N-methyl/N-ethyl adjacent to an activating group) is 1. The van der Waals surface area contributed by atoms with Gasteiger partial charge in [0.1, 0.15) is 6.04 Å². The number of carboxylic acid groups (broad SMARTS) is 1. The van der Waals surface area contributed by atoms with Crippen molar-refractivity contribution in [2.45, 2.75) is 38.0 Å². The van der Waals surface area contributed by atoms with E-state index >= 15 is 0 Å². The van der Waals surface area contributed by atoms with Crippen molar-refractivity contribution in [1.82, 2.24) is 5.32 Å². The molecule has 1 unspecified atom stereocenters. The Labute approximate surface area is 121 Å². The lowest BCUT2D eigenvalue weighted by Crippen LogP contribution is -2.31. The van der Waals surface area contributed by atoms with Crippen molar-refractivity contribution in [1.29, 1.82) is 0 Å². The van der Waals surface area contributed by atoms with Gasteiger partial charge >= 0.3 is 5.97 Å². The first-order chi connectivity index (χ1) is 9.66. The van der Waals surface area contributed by atoms with Gasteiger partial charge in [-0.1, -0.05) is 6.92 Å². The van der Waals surface area contributed by atoms with Gasteiger partial charge in [0.2, 0.25) is 0 Å². The normalized spacial score (nSPS) is 21.9. The molecule has 1 aliphatic carbocycles. The summed E-state index contributed by atoms with van der Waals surface area (Å²) in [6.45, 7) is 3.76. The van der Waals surface area contributed by atoms with E-state index in [1.54, 1.807) is 11.3 Å². The monoisotopic (exact) mass is 297 g/mol. The van der Waals surface area contributed by atoms with E-state index in [4.69, 9.17) is 9.47 Å². The molecule has 0 saturated carbocycles. The van der Waals surface area contributed by atoms with E-state index in [2.05, 4.69) is 5.32 Å². The zero-order valence-electron chi connectivity index (χ0n) is 11.5. The average molecular weight is 297 g/mol. The first kappa shape index (κ1) is 14.0. The van der Waals surface area contributed by atoms with Crippen LogP contribution in [0.4, 0.5) is 0 Å².